The zero-order valence-electron chi connectivity index (χ0n) is 15.0. The molecule has 0 aliphatic carbocycles. The van der Waals surface area contributed by atoms with E-state index in [1.807, 2.05) is 36.4 Å². The Morgan fingerprint density at radius 1 is 1.07 bits per heavy atom. The summed E-state index contributed by atoms with van der Waals surface area (Å²) in [6.07, 6.45) is 1.62. The first-order valence-corrected chi connectivity index (χ1v) is 10.2. The number of nitrogens with zero attached hydrogens (tertiary/aromatic N) is 2. The van der Waals surface area contributed by atoms with Crippen molar-refractivity contribution in [1.82, 2.24) is 9.97 Å². The van der Waals surface area contributed by atoms with Gasteiger partial charge in [-0.25, -0.2) is 9.97 Å². The standard InChI is InChI=1S/C20H17N3O3S2/c1-25-11-12-26-19-14(6-4-10-21-19)22-18(24)16-8-9-17(27-16)20-23-13-5-2-3-7-15(13)28-20/h2-10H,11-12H2,1H3,(H,22,24). The van der Waals surface area contributed by atoms with Gasteiger partial charge in [-0.15, -0.1) is 22.7 Å². The van der Waals surface area contributed by atoms with Crippen molar-refractivity contribution < 1.29 is 14.3 Å². The zero-order valence-corrected chi connectivity index (χ0v) is 16.7. The minimum absolute atomic E-state index is 0.207. The van der Waals surface area contributed by atoms with E-state index < -0.39 is 0 Å². The van der Waals surface area contributed by atoms with Crippen molar-refractivity contribution in [1.29, 1.82) is 0 Å². The second kappa shape index (κ2) is 8.47. The van der Waals surface area contributed by atoms with Crippen LogP contribution in [0.2, 0.25) is 0 Å². The number of carbonyl (C=O) groups is 1. The number of para-hydroxylation sites is 1. The summed E-state index contributed by atoms with van der Waals surface area (Å²) in [5, 5.41) is 3.78. The van der Waals surface area contributed by atoms with Crippen LogP contribution < -0.4 is 10.1 Å². The molecule has 0 bridgehead atoms. The first kappa shape index (κ1) is 18.5. The molecular formula is C20H17N3O3S2. The molecule has 28 heavy (non-hydrogen) atoms. The fourth-order valence-corrected chi connectivity index (χ4v) is 4.48. The number of thiazole rings is 1. The van der Waals surface area contributed by atoms with Crippen LogP contribution in [0.4, 0.5) is 5.69 Å². The quantitative estimate of drug-likeness (QED) is 0.446. The Morgan fingerprint density at radius 3 is 2.82 bits per heavy atom. The Hall–Kier alpha value is -2.81. The minimum atomic E-state index is -0.207. The third-order valence-electron chi connectivity index (χ3n) is 3.88. The summed E-state index contributed by atoms with van der Waals surface area (Å²) in [5.74, 6) is 0.165. The zero-order chi connectivity index (χ0) is 19.3. The smallest absolute Gasteiger partial charge is 0.265 e. The first-order chi connectivity index (χ1) is 13.7. The van der Waals surface area contributed by atoms with Crippen LogP contribution in [0.3, 0.4) is 0 Å². The van der Waals surface area contributed by atoms with Gasteiger partial charge in [0.2, 0.25) is 5.88 Å². The van der Waals surface area contributed by atoms with Gasteiger partial charge in [0.15, 0.2) is 0 Å². The third-order valence-corrected chi connectivity index (χ3v) is 6.17. The lowest BCUT2D eigenvalue weighted by Gasteiger charge is -2.10. The van der Waals surface area contributed by atoms with Crippen molar-refractivity contribution in [3.63, 3.8) is 0 Å². The highest BCUT2D eigenvalue weighted by molar-refractivity contribution is 7.26. The normalized spacial score (nSPS) is 10.9. The molecule has 0 radical (unpaired) electrons. The van der Waals surface area contributed by atoms with Crippen LogP contribution in [0, 0.1) is 0 Å². The molecule has 4 aromatic rings. The number of aromatic nitrogens is 2. The molecule has 6 nitrogen and oxygen atoms in total. The SMILES string of the molecule is COCCOc1ncccc1NC(=O)c1ccc(-c2nc3ccccc3s2)s1. The molecule has 3 aromatic heterocycles. The minimum Gasteiger partial charge on any atom is -0.474 e. The van der Waals surface area contributed by atoms with Crippen LogP contribution >= 0.6 is 22.7 Å². The summed E-state index contributed by atoms with van der Waals surface area (Å²) in [7, 11) is 1.60. The van der Waals surface area contributed by atoms with Crippen LogP contribution in [0.15, 0.2) is 54.7 Å². The molecule has 0 aliphatic heterocycles. The fraction of sp³-hybridized carbons (Fsp3) is 0.150. The van der Waals surface area contributed by atoms with Gasteiger partial charge in [-0.1, -0.05) is 12.1 Å². The van der Waals surface area contributed by atoms with Gasteiger partial charge < -0.3 is 14.8 Å². The van der Waals surface area contributed by atoms with E-state index >= 15 is 0 Å². The highest BCUT2D eigenvalue weighted by Crippen LogP contribution is 2.34. The Morgan fingerprint density at radius 2 is 1.96 bits per heavy atom. The van der Waals surface area contributed by atoms with E-state index in [0.29, 0.717) is 29.7 Å². The van der Waals surface area contributed by atoms with E-state index in [1.54, 1.807) is 36.8 Å². The van der Waals surface area contributed by atoms with Gasteiger partial charge >= 0.3 is 0 Å². The second-order valence-corrected chi connectivity index (χ2v) is 7.92. The predicted molar refractivity (Wildman–Crippen MR) is 112 cm³/mol. The summed E-state index contributed by atoms with van der Waals surface area (Å²) in [6, 6.07) is 15.3. The predicted octanol–water partition coefficient (Wildman–Crippen LogP) is 4.70. The van der Waals surface area contributed by atoms with E-state index in [4.69, 9.17) is 9.47 Å². The lowest BCUT2D eigenvalue weighted by Crippen LogP contribution is -2.13. The van der Waals surface area contributed by atoms with Crippen LogP contribution in [0.25, 0.3) is 20.1 Å². The van der Waals surface area contributed by atoms with Gasteiger partial charge in [-0.2, -0.15) is 0 Å². The van der Waals surface area contributed by atoms with Gasteiger partial charge in [0.1, 0.15) is 17.3 Å². The maximum Gasteiger partial charge on any atom is 0.265 e. The number of amides is 1. The molecule has 0 saturated heterocycles. The van der Waals surface area contributed by atoms with E-state index in [-0.39, 0.29) is 5.91 Å². The van der Waals surface area contributed by atoms with Gasteiger partial charge in [-0.05, 0) is 36.4 Å². The van der Waals surface area contributed by atoms with E-state index in [2.05, 4.69) is 15.3 Å². The Labute approximate surface area is 169 Å². The second-order valence-electron chi connectivity index (χ2n) is 5.80. The highest BCUT2D eigenvalue weighted by atomic mass is 32.1. The lowest BCUT2D eigenvalue weighted by atomic mass is 10.3. The number of fused-ring (bicyclic) bond motifs is 1. The van der Waals surface area contributed by atoms with Crippen molar-refractivity contribution in [2.45, 2.75) is 0 Å². The number of hydrogen-bond acceptors (Lipinski definition) is 7. The molecule has 0 saturated carbocycles. The van der Waals surface area contributed by atoms with Crippen LogP contribution in [0.1, 0.15) is 9.67 Å². The third kappa shape index (κ3) is 4.04. The van der Waals surface area contributed by atoms with Gasteiger partial charge in [0.05, 0.1) is 26.6 Å². The number of thiophene rings is 1. The molecular weight excluding hydrogens is 394 g/mol. The van der Waals surface area contributed by atoms with Crippen LogP contribution in [-0.4, -0.2) is 36.2 Å². The molecule has 1 aromatic carbocycles. The molecule has 1 N–H and O–H groups in total. The average molecular weight is 412 g/mol. The molecule has 8 heteroatoms. The number of nitrogens with one attached hydrogen (secondary N) is 1. The number of hydrogen-bond donors (Lipinski definition) is 1. The first-order valence-electron chi connectivity index (χ1n) is 8.58. The maximum absolute atomic E-state index is 12.7. The van der Waals surface area contributed by atoms with Gasteiger partial charge in [-0.3, -0.25) is 4.79 Å². The number of benzene rings is 1. The number of methoxy groups -OCH3 is 1. The van der Waals surface area contributed by atoms with Gasteiger partial charge in [0.25, 0.3) is 5.91 Å². The number of rotatable bonds is 7. The van der Waals surface area contributed by atoms with E-state index in [1.165, 1.54) is 11.3 Å². The summed E-state index contributed by atoms with van der Waals surface area (Å²) < 4.78 is 11.7. The average Bonchev–Trinajstić information content (AvgIpc) is 3.36. The summed E-state index contributed by atoms with van der Waals surface area (Å²) >= 11 is 3.03. The number of anilines is 1. The van der Waals surface area contributed by atoms with Crippen LogP contribution in [0.5, 0.6) is 5.88 Å². The molecule has 0 atom stereocenters. The van der Waals surface area contributed by atoms with Crippen molar-refractivity contribution >= 4 is 44.5 Å². The summed E-state index contributed by atoms with van der Waals surface area (Å²) in [6.45, 7) is 0.803. The van der Waals surface area contributed by atoms with Crippen molar-refractivity contribution in [2.75, 3.05) is 25.6 Å². The van der Waals surface area contributed by atoms with E-state index in [9.17, 15) is 4.79 Å². The molecule has 3 heterocycles. The Bertz CT molecular complexity index is 1070. The topological polar surface area (TPSA) is 73.3 Å². The van der Waals surface area contributed by atoms with Crippen molar-refractivity contribution in [3.8, 4) is 15.8 Å². The Balaban J connectivity index is 1.51. The fourth-order valence-electron chi connectivity index (χ4n) is 2.56. The Kier molecular flexibility index (Phi) is 5.61. The van der Waals surface area contributed by atoms with Crippen molar-refractivity contribution in [3.05, 3.63) is 59.6 Å². The van der Waals surface area contributed by atoms with Gasteiger partial charge in [0, 0.05) is 13.3 Å². The van der Waals surface area contributed by atoms with E-state index in [0.717, 1.165) is 20.1 Å². The highest BCUT2D eigenvalue weighted by Gasteiger charge is 2.15. The maximum atomic E-state index is 12.7. The van der Waals surface area contributed by atoms with Crippen LogP contribution in [-0.2, 0) is 4.74 Å². The monoisotopic (exact) mass is 411 g/mol. The molecule has 0 fully saturated rings. The summed E-state index contributed by atoms with van der Waals surface area (Å²) in [4.78, 5) is 23.1. The molecule has 0 spiro atoms. The number of carbonyl (C=O) groups excluding carboxylic acids is 1. The number of pyridine rings is 1. The molecule has 142 valence electrons. The largest absolute Gasteiger partial charge is 0.474 e. The lowest BCUT2D eigenvalue weighted by molar-refractivity contribution is 0.102. The number of ether oxygens (including phenoxy) is 2. The molecule has 0 aliphatic rings. The summed E-state index contributed by atoms with van der Waals surface area (Å²) in [5.41, 5.74) is 1.49. The molecule has 4 rings (SSSR count). The van der Waals surface area contributed by atoms with Crippen molar-refractivity contribution in [2.24, 2.45) is 0 Å². The molecule has 0 unspecified atom stereocenters. The molecule has 1 amide bonds.